The summed E-state index contributed by atoms with van der Waals surface area (Å²) in [5, 5.41) is 2.56. The summed E-state index contributed by atoms with van der Waals surface area (Å²) in [6.45, 7) is 19.9. The van der Waals surface area contributed by atoms with Crippen molar-refractivity contribution >= 4 is 29.5 Å². The normalized spacial score (nSPS) is 10.3. The van der Waals surface area contributed by atoms with Crippen molar-refractivity contribution in [1.82, 2.24) is 0 Å². The quantitative estimate of drug-likeness (QED) is 0.148. The van der Waals surface area contributed by atoms with Gasteiger partial charge >= 0.3 is 17.9 Å². The molecule has 0 heterocycles. The Morgan fingerprint density at radius 2 is 0.977 bits per heavy atom. The molecule has 0 saturated heterocycles. The predicted molar refractivity (Wildman–Crippen MR) is 162 cm³/mol. The SMILES string of the molecule is C=C(C)C(=O)Nc1cc(OC(=O)C(=C)C)ccc1-c1ccc(-c2ccc(OC(=O)C(=C)C)cc2OC(=O)C(=C)C)c(F)c1F. The van der Waals surface area contributed by atoms with E-state index >= 15 is 8.78 Å². The van der Waals surface area contributed by atoms with Gasteiger partial charge in [0.05, 0.1) is 5.69 Å². The second-order valence-corrected chi connectivity index (χ2v) is 9.90. The van der Waals surface area contributed by atoms with Gasteiger partial charge in [-0.25, -0.2) is 23.2 Å². The predicted octanol–water partition coefficient (Wildman–Crippen LogP) is 7.26. The van der Waals surface area contributed by atoms with Crippen LogP contribution in [0.25, 0.3) is 22.3 Å². The van der Waals surface area contributed by atoms with Crippen molar-refractivity contribution in [3.63, 3.8) is 0 Å². The Hall–Kier alpha value is -5.64. The monoisotopic (exact) mass is 601 g/mol. The summed E-state index contributed by atoms with van der Waals surface area (Å²) in [5.74, 6) is -5.77. The topological polar surface area (TPSA) is 108 Å². The second kappa shape index (κ2) is 13.6. The van der Waals surface area contributed by atoms with Crippen LogP contribution in [0.3, 0.4) is 0 Å². The largest absolute Gasteiger partial charge is 0.423 e. The molecule has 8 nitrogen and oxygen atoms in total. The van der Waals surface area contributed by atoms with Gasteiger partial charge in [-0.3, -0.25) is 4.79 Å². The van der Waals surface area contributed by atoms with Gasteiger partial charge in [0.2, 0.25) is 0 Å². The highest BCUT2D eigenvalue weighted by molar-refractivity contribution is 6.05. The second-order valence-electron chi connectivity index (χ2n) is 9.90. The summed E-state index contributed by atoms with van der Waals surface area (Å²) in [5.41, 5.74) is -0.0816. The number of nitrogens with one attached hydrogen (secondary N) is 1. The highest BCUT2D eigenvalue weighted by Gasteiger charge is 2.23. The van der Waals surface area contributed by atoms with Gasteiger partial charge in [0.15, 0.2) is 11.6 Å². The van der Waals surface area contributed by atoms with E-state index in [1.165, 1.54) is 76.2 Å². The number of amides is 1. The molecule has 0 radical (unpaired) electrons. The molecule has 0 atom stereocenters. The Kier molecular flexibility index (Phi) is 10.1. The number of rotatable bonds is 10. The van der Waals surface area contributed by atoms with Gasteiger partial charge < -0.3 is 19.5 Å². The standard InChI is InChI=1S/C34H29F2NO7/c1-17(2)31(38)37-27-15-21(42-32(39)18(3)4)9-11-23(27)25-13-14-26(30(36)29(25)35)24-12-10-22(43-33(40)19(5)6)16-28(24)44-34(41)20(7)8/h9-16H,1,3,5,7H2,2,4,6,8H3,(H,37,38). The summed E-state index contributed by atoms with van der Waals surface area (Å²) < 4.78 is 47.3. The maximum atomic E-state index is 15.8. The third-order valence-electron chi connectivity index (χ3n) is 5.91. The van der Waals surface area contributed by atoms with Crippen molar-refractivity contribution in [2.24, 2.45) is 0 Å². The zero-order valence-electron chi connectivity index (χ0n) is 24.6. The summed E-state index contributed by atoms with van der Waals surface area (Å²) in [4.78, 5) is 48.8. The lowest BCUT2D eigenvalue weighted by Gasteiger charge is -2.17. The van der Waals surface area contributed by atoms with Crippen LogP contribution in [-0.4, -0.2) is 23.8 Å². The first-order valence-electron chi connectivity index (χ1n) is 13.0. The van der Waals surface area contributed by atoms with E-state index in [0.29, 0.717) is 0 Å². The fourth-order valence-corrected chi connectivity index (χ4v) is 3.57. The molecule has 0 saturated carbocycles. The van der Waals surface area contributed by atoms with Gasteiger partial charge in [0, 0.05) is 56.7 Å². The number of esters is 3. The fourth-order valence-electron chi connectivity index (χ4n) is 3.57. The van der Waals surface area contributed by atoms with Crippen LogP contribution < -0.4 is 19.5 Å². The lowest BCUT2D eigenvalue weighted by atomic mass is 9.97. The van der Waals surface area contributed by atoms with E-state index in [1.54, 1.807) is 0 Å². The van der Waals surface area contributed by atoms with Gasteiger partial charge in [0.25, 0.3) is 5.91 Å². The fraction of sp³-hybridized carbons (Fsp3) is 0.118. The summed E-state index contributed by atoms with van der Waals surface area (Å²) in [6.07, 6.45) is 0. The molecule has 3 aromatic carbocycles. The van der Waals surface area contributed by atoms with Crippen molar-refractivity contribution in [3.8, 4) is 39.5 Å². The number of hydrogen-bond donors (Lipinski definition) is 1. The molecular weight excluding hydrogens is 572 g/mol. The van der Waals surface area contributed by atoms with Crippen molar-refractivity contribution in [2.75, 3.05) is 5.32 Å². The summed E-state index contributed by atoms with van der Waals surface area (Å²) >= 11 is 0. The molecule has 0 aromatic heterocycles. The minimum Gasteiger partial charge on any atom is -0.423 e. The van der Waals surface area contributed by atoms with E-state index in [1.807, 2.05) is 0 Å². The van der Waals surface area contributed by atoms with Crippen molar-refractivity contribution in [3.05, 3.63) is 109 Å². The molecule has 1 amide bonds. The minimum absolute atomic E-state index is 0.0100. The third kappa shape index (κ3) is 7.60. The Morgan fingerprint density at radius 1 is 0.568 bits per heavy atom. The van der Waals surface area contributed by atoms with Crippen LogP contribution in [0.4, 0.5) is 14.5 Å². The average molecular weight is 602 g/mol. The van der Waals surface area contributed by atoms with Crippen LogP contribution in [0.2, 0.25) is 0 Å². The zero-order chi connectivity index (χ0) is 32.9. The van der Waals surface area contributed by atoms with Crippen molar-refractivity contribution in [1.29, 1.82) is 0 Å². The number of benzene rings is 3. The number of hydrogen-bond acceptors (Lipinski definition) is 7. The number of ether oxygens (including phenoxy) is 3. The molecule has 3 rings (SSSR count). The minimum atomic E-state index is -1.31. The molecule has 226 valence electrons. The van der Waals surface area contributed by atoms with Gasteiger partial charge in [-0.15, -0.1) is 0 Å². The number of carbonyl (C=O) groups excluding carboxylic acids is 4. The molecule has 44 heavy (non-hydrogen) atoms. The summed E-state index contributed by atoms with van der Waals surface area (Å²) in [6, 6.07) is 10.3. The molecule has 0 unspecified atom stereocenters. The van der Waals surface area contributed by atoms with Gasteiger partial charge in [-0.2, -0.15) is 0 Å². The van der Waals surface area contributed by atoms with Crippen molar-refractivity contribution in [2.45, 2.75) is 27.7 Å². The molecule has 0 bridgehead atoms. The molecule has 0 aliphatic rings. The lowest BCUT2D eigenvalue weighted by molar-refractivity contribution is -0.131. The molecule has 0 fully saturated rings. The average Bonchev–Trinajstić information content (AvgIpc) is 2.95. The smallest absolute Gasteiger partial charge is 0.338 e. The molecule has 0 spiro atoms. The number of carbonyl (C=O) groups is 4. The Morgan fingerprint density at radius 3 is 1.45 bits per heavy atom. The first-order chi connectivity index (χ1) is 20.6. The highest BCUT2D eigenvalue weighted by Crippen LogP contribution is 2.40. The van der Waals surface area contributed by atoms with E-state index in [4.69, 9.17) is 14.2 Å². The number of anilines is 1. The van der Waals surface area contributed by atoms with Crippen LogP contribution >= 0.6 is 0 Å². The van der Waals surface area contributed by atoms with Crippen LogP contribution in [0, 0.1) is 11.6 Å². The molecule has 0 aliphatic carbocycles. The number of halogens is 2. The Labute approximate surface area is 252 Å². The van der Waals surface area contributed by atoms with Crippen LogP contribution in [0.5, 0.6) is 17.2 Å². The summed E-state index contributed by atoms with van der Waals surface area (Å²) in [7, 11) is 0. The lowest BCUT2D eigenvalue weighted by Crippen LogP contribution is -2.14. The first kappa shape index (κ1) is 32.9. The van der Waals surface area contributed by atoms with E-state index in [2.05, 4.69) is 31.6 Å². The van der Waals surface area contributed by atoms with E-state index in [9.17, 15) is 19.2 Å². The van der Waals surface area contributed by atoms with Gasteiger partial charge in [0.1, 0.15) is 17.2 Å². The van der Waals surface area contributed by atoms with E-state index in [-0.39, 0.29) is 67.5 Å². The van der Waals surface area contributed by atoms with Crippen LogP contribution in [0.1, 0.15) is 27.7 Å². The van der Waals surface area contributed by atoms with Gasteiger partial charge in [-0.1, -0.05) is 38.4 Å². The Bertz CT molecular complexity index is 1640. The van der Waals surface area contributed by atoms with Crippen LogP contribution in [0.15, 0.2) is 97.1 Å². The molecule has 1 N–H and O–H groups in total. The molecule has 10 heteroatoms. The first-order valence-corrected chi connectivity index (χ1v) is 13.0. The maximum Gasteiger partial charge on any atom is 0.338 e. The zero-order valence-corrected chi connectivity index (χ0v) is 24.6. The van der Waals surface area contributed by atoms with Crippen LogP contribution in [-0.2, 0) is 19.2 Å². The third-order valence-corrected chi connectivity index (χ3v) is 5.91. The van der Waals surface area contributed by atoms with E-state index in [0.717, 1.165) is 0 Å². The van der Waals surface area contributed by atoms with Gasteiger partial charge in [-0.05, 0) is 52.0 Å². The molecule has 3 aromatic rings. The Balaban J connectivity index is 2.15. The maximum absolute atomic E-state index is 15.8. The highest BCUT2D eigenvalue weighted by atomic mass is 19.2. The van der Waals surface area contributed by atoms with Crippen molar-refractivity contribution < 1.29 is 42.2 Å². The molecule has 0 aliphatic heterocycles. The molecular formula is C34H29F2NO7. The van der Waals surface area contributed by atoms with E-state index < -0.39 is 35.4 Å².